The molecule has 0 bridgehead atoms. The van der Waals surface area contributed by atoms with Crippen LogP contribution in [-0.4, -0.2) is 42.8 Å². The largest absolute Gasteiger partial charge is 0.481 e. The van der Waals surface area contributed by atoms with Crippen molar-refractivity contribution in [3.8, 4) is 11.1 Å². The quantitative estimate of drug-likeness (QED) is 0.553. The molecule has 0 spiro atoms. The molecule has 2 amide bonds. The van der Waals surface area contributed by atoms with Crippen LogP contribution in [0.25, 0.3) is 11.1 Å². The Morgan fingerprint density at radius 3 is 2.12 bits per heavy atom. The Hall–Kier alpha value is -3.35. The zero-order valence-corrected chi connectivity index (χ0v) is 18.7. The van der Waals surface area contributed by atoms with Crippen molar-refractivity contribution in [2.75, 3.05) is 19.7 Å². The van der Waals surface area contributed by atoms with Gasteiger partial charge in [0.05, 0.1) is 12.3 Å². The van der Waals surface area contributed by atoms with Crippen molar-refractivity contribution in [3.63, 3.8) is 0 Å². The van der Waals surface area contributed by atoms with Crippen molar-refractivity contribution in [2.45, 2.75) is 33.1 Å². The molecule has 0 aliphatic heterocycles. The van der Waals surface area contributed by atoms with Gasteiger partial charge < -0.3 is 20.5 Å². The number of ether oxygens (including phenoxy) is 1. The number of carboxylic acid groups (broad SMARTS) is 1. The number of fused-ring (bicyclic) bond motifs is 3. The van der Waals surface area contributed by atoms with Crippen LogP contribution in [-0.2, 0) is 14.3 Å². The molecule has 1 unspecified atom stereocenters. The smallest absolute Gasteiger partial charge is 0.407 e. The summed E-state index contributed by atoms with van der Waals surface area (Å²) in [6.07, 6.45) is -0.614. The number of aliphatic carboxylic acids is 1. The summed E-state index contributed by atoms with van der Waals surface area (Å²) in [4.78, 5) is 35.4. The lowest BCUT2D eigenvalue weighted by Gasteiger charge is -2.24. The van der Waals surface area contributed by atoms with Crippen molar-refractivity contribution < 1.29 is 24.2 Å². The Kier molecular flexibility index (Phi) is 7.18. The fraction of sp³-hybridized carbons (Fsp3) is 0.400. The van der Waals surface area contributed by atoms with Crippen LogP contribution in [0.15, 0.2) is 48.5 Å². The molecular formula is C25H30N2O5. The first kappa shape index (κ1) is 23.3. The van der Waals surface area contributed by atoms with Gasteiger partial charge in [0, 0.05) is 19.0 Å². The van der Waals surface area contributed by atoms with Crippen LogP contribution in [0.4, 0.5) is 4.79 Å². The van der Waals surface area contributed by atoms with E-state index in [1.54, 1.807) is 20.8 Å². The number of rotatable bonds is 9. The standard InChI is InChI=1S/C25H30N2O5/c1-16(23(30)27-15-25(2,3)12-22(28)29)13-26-24(31)32-14-21-19-10-6-4-8-17(19)18-9-5-7-11-20(18)21/h4-11,16,21H,12-15H2,1-3H3,(H,26,31)(H,27,30)(H,28,29). The highest BCUT2D eigenvalue weighted by Crippen LogP contribution is 2.44. The molecular weight excluding hydrogens is 408 g/mol. The molecule has 0 heterocycles. The molecule has 0 fully saturated rings. The molecule has 2 aromatic carbocycles. The van der Waals surface area contributed by atoms with Crippen LogP contribution in [0.5, 0.6) is 0 Å². The number of amides is 2. The van der Waals surface area contributed by atoms with Crippen LogP contribution in [0, 0.1) is 11.3 Å². The van der Waals surface area contributed by atoms with Gasteiger partial charge in [-0.1, -0.05) is 69.3 Å². The van der Waals surface area contributed by atoms with Crippen molar-refractivity contribution in [1.82, 2.24) is 10.6 Å². The van der Waals surface area contributed by atoms with Gasteiger partial charge in [-0.25, -0.2) is 4.79 Å². The normalized spacial score (nSPS) is 13.6. The number of nitrogens with one attached hydrogen (secondary N) is 2. The Morgan fingerprint density at radius 2 is 1.56 bits per heavy atom. The van der Waals surface area contributed by atoms with E-state index in [9.17, 15) is 14.4 Å². The minimum atomic E-state index is -0.908. The maximum absolute atomic E-state index is 12.3. The molecule has 3 N–H and O–H groups in total. The lowest BCUT2D eigenvalue weighted by atomic mass is 9.89. The molecule has 32 heavy (non-hydrogen) atoms. The highest BCUT2D eigenvalue weighted by molar-refractivity contribution is 5.80. The van der Waals surface area contributed by atoms with Crippen molar-refractivity contribution in [2.24, 2.45) is 11.3 Å². The molecule has 0 saturated heterocycles. The Morgan fingerprint density at radius 1 is 1.00 bits per heavy atom. The fourth-order valence-corrected chi connectivity index (χ4v) is 3.95. The Bertz CT molecular complexity index is 956. The zero-order chi connectivity index (χ0) is 23.3. The Balaban J connectivity index is 1.47. The molecule has 1 atom stereocenters. The minimum Gasteiger partial charge on any atom is -0.481 e. The summed E-state index contributed by atoms with van der Waals surface area (Å²) in [5.41, 5.74) is 4.04. The summed E-state index contributed by atoms with van der Waals surface area (Å²) in [5, 5.41) is 14.3. The highest BCUT2D eigenvalue weighted by Gasteiger charge is 2.29. The average molecular weight is 439 g/mol. The van der Waals surface area contributed by atoms with E-state index >= 15 is 0 Å². The predicted octanol–water partition coefficient (Wildman–Crippen LogP) is 3.78. The molecule has 1 aliphatic rings. The third-order valence-electron chi connectivity index (χ3n) is 5.71. The van der Waals surface area contributed by atoms with Gasteiger partial charge in [0.1, 0.15) is 6.61 Å². The molecule has 0 radical (unpaired) electrons. The first-order valence-electron chi connectivity index (χ1n) is 10.8. The molecule has 3 rings (SSSR count). The summed E-state index contributed by atoms with van der Waals surface area (Å²) in [6, 6.07) is 16.2. The predicted molar refractivity (Wildman–Crippen MR) is 121 cm³/mol. The van der Waals surface area contributed by atoms with Gasteiger partial charge in [-0.2, -0.15) is 0 Å². The average Bonchev–Trinajstić information content (AvgIpc) is 3.07. The second-order valence-electron chi connectivity index (χ2n) is 9.06. The highest BCUT2D eigenvalue weighted by atomic mass is 16.5. The van der Waals surface area contributed by atoms with E-state index in [-0.39, 0.29) is 37.9 Å². The molecule has 7 heteroatoms. The van der Waals surface area contributed by atoms with Crippen molar-refractivity contribution in [1.29, 1.82) is 0 Å². The van der Waals surface area contributed by atoms with Crippen molar-refractivity contribution >= 4 is 18.0 Å². The third kappa shape index (κ3) is 5.66. The van der Waals surface area contributed by atoms with Crippen LogP contribution in [0.3, 0.4) is 0 Å². The first-order chi connectivity index (χ1) is 15.2. The topological polar surface area (TPSA) is 105 Å². The molecule has 0 saturated carbocycles. The van der Waals surface area contributed by atoms with Gasteiger partial charge in [0.15, 0.2) is 0 Å². The summed E-state index contributed by atoms with van der Waals surface area (Å²) >= 11 is 0. The van der Waals surface area contributed by atoms with Gasteiger partial charge in [-0.15, -0.1) is 0 Å². The summed E-state index contributed by atoms with van der Waals surface area (Å²) < 4.78 is 5.48. The number of carbonyl (C=O) groups is 3. The second kappa shape index (κ2) is 9.85. The Labute approximate surface area is 188 Å². The fourth-order valence-electron chi connectivity index (χ4n) is 3.95. The maximum Gasteiger partial charge on any atom is 0.407 e. The number of carboxylic acids is 1. The number of alkyl carbamates (subject to hydrolysis) is 1. The maximum atomic E-state index is 12.3. The van der Waals surface area contributed by atoms with Gasteiger partial charge in [-0.3, -0.25) is 9.59 Å². The van der Waals surface area contributed by atoms with E-state index in [0.717, 1.165) is 22.3 Å². The van der Waals surface area contributed by atoms with E-state index in [1.165, 1.54) is 0 Å². The van der Waals surface area contributed by atoms with E-state index in [4.69, 9.17) is 9.84 Å². The van der Waals surface area contributed by atoms with Crippen molar-refractivity contribution in [3.05, 3.63) is 59.7 Å². The molecule has 170 valence electrons. The molecule has 7 nitrogen and oxygen atoms in total. The van der Waals surface area contributed by atoms with Crippen LogP contribution < -0.4 is 10.6 Å². The molecule has 0 aromatic heterocycles. The van der Waals surface area contributed by atoms with Gasteiger partial charge >= 0.3 is 12.1 Å². The third-order valence-corrected chi connectivity index (χ3v) is 5.71. The molecule has 2 aromatic rings. The lowest BCUT2D eigenvalue weighted by Crippen LogP contribution is -2.41. The van der Waals surface area contributed by atoms with Crippen LogP contribution in [0.1, 0.15) is 44.2 Å². The van der Waals surface area contributed by atoms with Gasteiger partial charge in [0.25, 0.3) is 0 Å². The van der Waals surface area contributed by atoms with E-state index < -0.39 is 23.4 Å². The van der Waals surface area contributed by atoms with Crippen LogP contribution >= 0.6 is 0 Å². The summed E-state index contributed by atoms with van der Waals surface area (Å²) in [7, 11) is 0. The number of hydrogen-bond donors (Lipinski definition) is 3. The van der Waals surface area contributed by atoms with Gasteiger partial charge in [0.2, 0.25) is 5.91 Å². The lowest BCUT2D eigenvalue weighted by molar-refractivity contribution is -0.139. The SMILES string of the molecule is CC(CNC(=O)OCC1c2ccccc2-c2ccccc21)C(=O)NCC(C)(C)CC(=O)O. The second-order valence-corrected chi connectivity index (χ2v) is 9.06. The van der Waals surface area contributed by atoms with E-state index in [1.807, 2.05) is 24.3 Å². The van der Waals surface area contributed by atoms with E-state index in [2.05, 4.69) is 34.9 Å². The van der Waals surface area contributed by atoms with E-state index in [0.29, 0.717) is 0 Å². The number of carbonyl (C=O) groups excluding carboxylic acids is 2. The molecule has 1 aliphatic carbocycles. The number of benzene rings is 2. The van der Waals surface area contributed by atoms with Gasteiger partial charge in [-0.05, 0) is 27.7 Å². The minimum absolute atomic E-state index is 0.0228. The van der Waals surface area contributed by atoms with Crippen LogP contribution in [0.2, 0.25) is 0 Å². The summed E-state index contributed by atoms with van der Waals surface area (Å²) in [5.74, 6) is -1.65. The zero-order valence-electron chi connectivity index (χ0n) is 18.7. The number of hydrogen-bond acceptors (Lipinski definition) is 4. The monoisotopic (exact) mass is 438 g/mol. The summed E-state index contributed by atoms with van der Waals surface area (Å²) in [6.45, 7) is 5.84. The first-order valence-corrected chi connectivity index (χ1v) is 10.8.